The molecule has 0 aliphatic carbocycles. The first-order chi connectivity index (χ1) is 15.2. The van der Waals surface area contributed by atoms with E-state index < -0.39 is 46.1 Å². The van der Waals surface area contributed by atoms with Crippen molar-refractivity contribution >= 4 is 28.9 Å². The molecule has 3 heterocycles. The van der Waals surface area contributed by atoms with E-state index in [0.29, 0.717) is 44.1 Å². The van der Waals surface area contributed by atoms with E-state index in [1.807, 2.05) is 0 Å². The Labute approximate surface area is 178 Å². The number of benzene rings is 1. The number of nitrogens with zero attached hydrogens (tertiary/aromatic N) is 4. The highest BCUT2D eigenvalue weighted by Crippen LogP contribution is 2.25. The van der Waals surface area contributed by atoms with Crippen molar-refractivity contribution in [1.82, 2.24) is 14.5 Å². The van der Waals surface area contributed by atoms with Crippen LogP contribution in [-0.4, -0.2) is 57.7 Å². The third-order valence-corrected chi connectivity index (χ3v) is 5.20. The fourth-order valence-corrected chi connectivity index (χ4v) is 3.61. The average molecular weight is 447 g/mol. The first-order valence-corrected chi connectivity index (χ1v) is 9.41. The highest BCUT2D eigenvalue weighted by atomic mass is 19.1. The minimum atomic E-state index is -1.60. The SMILES string of the molecule is NC(=O)N1CCN(c2ccc3c(=O)c(C(=O)O)cn(-c4c(F)cc(F)cc4F)c3n2)CC1. The molecule has 32 heavy (non-hydrogen) atoms. The molecule has 2 amide bonds. The van der Waals surface area contributed by atoms with Gasteiger partial charge in [0.25, 0.3) is 0 Å². The fourth-order valence-electron chi connectivity index (χ4n) is 3.61. The van der Waals surface area contributed by atoms with Gasteiger partial charge in [-0.15, -0.1) is 0 Å². The number of fused-ring (bicyclic) bond motifs is 1. The summed E-state index contributed by atoms with van der Waals surface area (Å²) in [6, 6.07) is 3.10. The highest BCUT2D eigenvalue weighted by molar-refractivity contribution is 5.92. The quantitative estimate of drug-likeness (QED) is 0.630. The summed E-state index contributed by atoms with van der Waals surface area (Å²) in [5.41, 5.74) is 2.67. The Balaban J connectivity index is 1.91. The molecule has 3 N–H and O–H groups in total. The van der Waals surface area contributed by atoms with E-state index in [-0.39, 0.29) is 11.0 Å². The number of carbonyl (C=O) groups excluding carboxylic acids is 1. The van der Waals surface area contributed by atoms with E-state index in [0.717, 1.165) is 10.8 Å². The van der Waals surface area contributed by atoms with Crippen LogP contribution in [0.2, 0.25) is 0 Å². The Morgan fingerprint density at radius 3 is 2.22 bits per heavy atom. The van der Waals surface area contributed by atoms with E-state index in [1.165, 1.54) is 17.0 Å². The van der Waals surface area contributed by atoms with Crippen LogP contribution in [0.15, 0.2) is 35.3 Å². The Hall–Kier alpha value is -4.09. The van der Waals surface area contributed by atoms with Crippen LogP contribution in [0, 0.1) is 17.5 Å². The number of aromatic nitrogens is 2. The summed E-state index contributed by atoms with van der Waals surface area (Å²) in [4.78, 5) is 43.0. The van der Waals surface area contributed by atoms with Crippen molar-refractivity contribution < 1.29 is 27.9 Å². The molecule has 1 aromatic carbocycles. The van der Waals surface area contributed by atoms with Crippen molar-refractivity contribution in [1.29, 1.82) is 0 Å². The predicted octanol–water partition coefficient (Wildman–Crippen LogP) is 1.70. The topological polar surface area (TPSA) is 122 Å². The van der Waals surface area contributed by atoms with Crippen LogP contribution < -0.4 is 16.1 Å². The summed E-state index contributed by atoms with van der Waals surface area (Å²) in [5.74, 6) is -5.02. The molecule has 12 heteroatoms. The predicted molar refractivity (Wildman–Crippen MR) is 108 cm³/mol. The highest BCUT2D eigenvalue weighted by Gasteiger charge is 2.24. The molecule has 9 nitrogen and oxygen atoms in total. The number of amides is 2. The second-order valence-electron chi connectivity index (χ2n) is 7.12. The maximum Gasteiger partial charge on any atom is 0.341 e. The van der Waals surface area contributed by atoms with E-state index in [9.17, 15) is 32.7 Å². The number of pyridine rings is 2. The van der Waals surface area contributed by atoms with Gasteiger partial charge in [-0.3, -0.25) is 9.36 Å². The Bertz CT molecular complexity index is 1300. The van der Waals surface area contributed by atoms with Gasteiger partial charge in [0.1, 0.15) is 22.9 Å². The van der Waals surface area contributed by atoms with Gasteiger partial charge in [0, 0.05) is 44.5 Å². The van der Waals surface area contributed by atoms with E-state index in [4.69, 9.17) is 5.73 Å². The number of anilines is 1. The number of hydrogen-bond acceptors (Lipinski definition) is 5. The number of primary amides is 1. The molecule has 0 saturated carbocycles. The molecule has 0 atom stereocenters. The molecular formula is C20H16F3N5O4. The van der Waals surface area contributed by atoms with Crippen molar-refractivity contribution in [3.05, 3.63) is 63.7 Å². The second-order valence-corrected chi connectivity index (χ2v) is 7.12. The van der Waals surface area contributed by atoms with Gasteiger partial charge in [0.15, 0.2) is 17.3 Å². The van der Waals surface area contributed by atoms with Crippen molar-refractivity contribution in [2.75, 3.05) is 31.1 Å². The molecule has 4 rings (SSSR count). The number of carboxylic acid groups (broad SMARTS) is 1. The molecule has 166 valence electrons. The van der Waals surface area contributed by atoms with Gasteiger partial charge in [0.05, 0.1) is 5.39 Å². The largest absolute Gasteiger partial charge is 0.477 e. The van der Waals surface area contributed by atoms with Crippen LogP contribution in [0.25, 0.3) is 16.7 Å². The van der Waals surface area contributed by atoms with Gasteiger partial charge in [-0.25, -0.2) is 27.7 Å². The number of urea groups is 1. The summed E-state index contributed by atoms with van der Waals surface area (Å²) in [7, 11) is 0. The maximum absolute atomic E-state index is 14.5. The zero-order valence-corrected chi connectivity index (χ0v) is 16.4. The lowest BCUT2D eigenvalue weighted by atomic mass is 10.1. The summed E-state index contributed by atoms with van der Waals surface area (Å²) in [6.07, 6.45) is 0.758. The smallest absolute Gasteiger partial charge is 0.341 e. The van der Waals surface area contributed by atoms with Crippen LogP contribution in [0.4, 0.5) is 23.8 Å². The summed E-state index contributed by atoms with van der Waals surface area (Å²) >= 11 is 0. The number of nitrogens with two attached hydrogens (primary N) is 1. The Kier molecular flexibility index (Phi) is 5.20. The van der Waals surface area contributed by atoms with Gasteiger partial charge < -0.3 is 20.6 Å². The summed E-state index contributed by atoms with van der Waals surface area (Å²) in [6.45, 7) is 1.36. The number of piperazine rings is 1. The molecule has 1 aliphatic heterocycles. The van der Waals surface area contributed by atoms with Crippen LogP contribution in [0.1, 0.15) is 10.4 Å². The zero-order valence-electron chi connectivity index (χ0n) is 16.4. The van der Waals surface area contributed by atoms with Crippen molar-refractivity contribution in [3.63, 3.8) is 0 Å². The van der Waals surface area contributed by atoms with Crippen molar-refractivity contribution in [3.8, 4) is 5.69 Å². The maximum atomic E-state index is 14.5. The monoisotopic (exact) mass is 447 g/mol. The fraction of sp³-hybridized carbons (Fsp3) is 0.200. The van der Waals surface area contributed by atoms with E-state index in [1.54, 1.807) is 4.90 Å². The molecule has 0 unspecified atom stereocenters. The minimum absolute atomic E-state index is 0.187. The first kappa shape index (κ1) is 21.2. The van der Waals surface area contributed by atoms with Crippen LogP contribution in [-0.2, 0) is 0 Å². The lowest BCUT2D eigenvalue weighted by Crippen LogP contribution is -2.50. The average Bonchev–Trinajstić information content (AvgIpc) is 2.74. The Morgan fingerprint density at radius 2 is 1.66 bits per heavy atom. The molecule has 2 aromatic heterocycles. The van der Waals surface area contributed by atoms with E-state index >= 15 is 0 Å². The van der Waals surface area contributed by atoms with Gasteiger partial charge >= 0.3 is 12.0 Å². The lowest BCUT2D eigenvalue weighted by molar-refractivity contribution is 0.0695. The van der Waals surface area contributed by atoms with E-state index in [2.05, 4.69) is 4.98 Å². The summed E-state index contributed by atoms with van der Waals surface area (Å²) in [5, 5.41) is 9.19. The Morgan fingerprint density at radius 1 is 1.03 bits per heavy atom. The van der Waals surface area contributed by atoms with Gasteiger partial charge in [-0.1, -0.05) is 0 Å². The standard InChI is InChI=1S/C20H16F3N5O4/c21-10-7-13(22)16(14(23)8-10)28-9-12(19(30)31)17(29)11-1-2-15(25-18(11)28)26-3-5-27(6-4-26)20(24)32/h1-2,7-9H,3-6H2,(H2,24,32)(H,30,31). The van der Waals surface area contributed by atoms with Crippen LogP contribution in [0.5, 0.6) is 0 Å². The third kappa shape index (κ3) is 3.59. The normalized spacial score (nSPS) is 14.1. The molecule has 0 radical (unpaired) electrons. The number of halogens is 3. The number of aromatic carboxylic acids is 1. The minimum Gasteiger partial charge on any atom is -0.477 e. The zero-order chi connectivity index (χ0) is 23.2. The molecule has 1 fully saturated rings. The van der Waals surface area contributed by atoms with Gasteiger partial charge in [0.2, 0.25) is 5.43 Å². The number of carbonyl (C=O) groups is 2. The van der Waals surface area contributed by atoms with Gasteiger partial charge in [-0.05, 0) is 12.1 Å². The molecule has 0 spiro atoms. The number of hydrogen-bond donors (Lipinski definition) is 2. The van der Waals surface area contributed by atoms with Crippen LogP contribution in [0.3, 0.4) is 0 Å². The molecule has 0 bridgehead atoms. The lowest BCUT2D eigenvalue weighted by Gasteiger charge is -2.34. The number of rotatable bonds is 3. The van der Waals surface area contributed by atoms with Crippen LogP contribution >= 0.6 is 0 Å². The number of carboxylic acids is 1. The summed E-state index contributed by atoms with van der Waals surface area (Å²) < 4.78 is 43.2. The molecule has 3 aromatic rings. The molecule has 1 aliphatic rings. The van der Waals surface area contributed by atoms with Crippen molar-refractivity contribution in [2.45, 2.75) is 0 Å². The molecule has 1 saturated heterocycles. The second kappa shape index (κ2) is 7.87. The van der Waals surface area contributed by atoms with Crippen molar-refractivity contribution in [2.24, 2.45) is 5.73 Å². The third-order valence-electron chi connectivity index (χ3n) is 5.20. The molecular weight excluding hydrogens is 431 g/mol. The van der Waals surface area contributed by atoms with Gasteiger partial charge in [-0.2, -0.15) is 0 Å². The first-order valence-electron chi connectivity index (χ1n) is 9.41.